The van der Waals surface area contributed by atoms with Gasteiger partial charge in [0.25, 0.3) is 0 Å². The van der Waals surface area contributed by atoms with Crippen LogP contribution in [0, 0.1) is 0 Å². The summed E-state index contributed by atoms with van der Waals surface area (Å²) in [4.78, 5) is 16.0. The second-order valence-electron chi connectivity index (χ2n) is 15.6. The first kappa shape index (κ1) is 35.5. The predicted molar refractivity (Wildman–Crippen MR) is 256 cm³/mol. The van der Waals surface area contributed by atoms with Gasteiger partial charge in [-0.25, -0.2) is 4.98 Å². The lowest BCUT2D eigenvalue weighted by Crippen LogP contribution is -2.06. The third-order valence-electron chi connectivity index (χ3n) is 12.0. The van der Waals surface area contributed by atoms with E-state index < -0.39 is 0 Å². The van der Waals surface area contributed by atoms with Crippen LogP contribution < -0.4 is 0 Å². The minimum atomic E-state index is 0.556. The maximum absolute atomic E-state index is 5.43. The number of aromatic nitrogens is 5. The van der Waals surface area contributed by atoms with Crippen LogP contribution in [0.2, 0.25) is 0 Å². The van der Waals surface area contributed by atoms with E-state index in [2.05, 4.69) is 209 Å². The summed E-state index contributed by atoms with van der Waals surface area (Å²) in [6.45, 7) is 0. The molecule has 5 nitrogen and oxygen atoms in total. The van der Waals surface area contributed by atoms with Crippen LogP contribution in [0.1, 0.15) is 0 Å². The first-order valence-corrected chi connectivity index (χ1v) is 21.0. The van der Waals surface area contributed by atoms with Gasteiger partial charge >= 0.3 is 0 Å². The van der Waals surface area contributed by atoms with Crippen molar-refractivity contribution in [1.29, 1.82) is 0 Å². The first-order chi connectivity index (χ1) is 30.8. The highest BCUT2D eigenvalue weighted by atomic mass is 15.2. The summed E-state index contributed by atoms with van der Waals surface area (Å²) in [5, 5.41) is 4.56. The smallest absolute Gasteiger partial charge is 0.238 e. The highest BCUT2D eigenvalue weighted by Crippen LogP contribution is 2.46. The van der Waals surface area contributed by atoms with Crippen LogP contribution in [0.4, 0.5) is 0 Å². The fourth-order valence-electron chi connectivity index (χ4n) is 9.15. The van der Waals surface area contributed by atoms with E-state index in [1.807, 2.05) is 24.3 Å². The lowest BCUT2D eigenvalue weighted by molar-refractivity contribution is 0.955. The van der Waals surface area contributed by atoms with E-state index in [4.69, 9.17) is 15.0 Å². The third-order valence-corrected chi connectivity index (χ3v) is 12.0. The summed E-state index contributed by atoms with van der Waals surface area (Å²) in [7, 11) is 0. The average molecular weight is 792 g/mol. The number of nitrogens with zero attached hydrogens (tertiary/aromatic N) is 5. The van der Waals surface area contributed by atoms with Crippen LogP contribution in [-0.2, 0) is 0 Å². The van der Waals surface area contributed by atoms with E-state index in [1.165, 1.54) is 11.1 Å². The molecule has 0 aliphatic carbocycles. The number of rotatable bonds is 7. The Morgan fingerprint density at radius 3 is 1.40 bits per heavy atom. The van der Waals surface area contributed by atoms with E-state index in [-0.39, 0.29) is 0 Å². The van der Waals surface area contributed by atoms with E-state index in [9.17, 15) is 0 Å². The summed E-state index contributed by atoms with van der Waals surface area (Å²) in [6.07, 6.45) is 0. The Bertz CT molecular complexity index is 3590. The lowest BCUT2D eigenvalue weighted by atomic mass is 9.97. The molecule has 3 heterocycles. The van der Waals surface area contributed by atoms with Crippen molar-refractivity contribution in [3.8, 4) is 67.8 Å². The topological polar surface area (TPSA) is 48.5 Å². The van der Waals surface area contributed by atoms with Gasteiger partial charge in [-0.05, 0) is 69.8 Å². The molecule has 0 atom stereocenters. The van der Waals surface area contributed by atoms with Crippen molar-refractivity contribution < 1.29 is 0 Å². The van der Waals surface area contributed by atoms with Crippen molar-refractivity contribution in [3.05, 3.63) is 224 Å². The van der Waals surface area contributed by atoms with Crippen LogP contribution in [-0.4, -0.2) is 24.1 Å². The number of para-hydroxylation sites is 2. The van der Waals surface area contributed by atoms with Gasteiger partial charge in [-0.1, -0.05) is 188 Å². The normalized spacial score (nSPS) is 11.5. The maximum Gasteiger partial charge on any atom is 0.238 e. The summed E-state index contributed by atoms with van der Waals surface area (Å²) >= 11 is 0. The third kappa shape index (κ3) is 5.90. The van der Waals surface area contributed by atoms with Crippen molar-refractivity contribution in [2.24, 2.45) is 0 Å². The largest absolute Gasteiger partial charge is 0.309 e. The van der Waals surface area contributed by atoms with Gasteiger partial charge in [-0.15, -0.1) is 0 Å². The molecule has 0 fully saturated rings. The summed E-state index contributed by atoms with van der Waals surface area (Å²) in [5.74, 6) is 1.77. The molecule has 290 valence electrons. The Hall–Kier alpha value is -8.41. The SMILES string of the molecule is c1ccc(-c2ccc(-n3c4ccccc4c4c3cc(-c3ccccc3)c3c5ccccc5n(-c5nc(-c6ccccc6)nc(-c6cccc(-c7ccccc7)c6)n5)c34)cc2)cc1. The zero-order chi connectivity index (χ0) is 41.0. The highest BCUT2D eigenvalue weighted by molar-refractivity contribution is 6.29. The van der Waals surface area contributed by atoms with E-state index in [0.29, 0.717) is 17.6 Å². The minimum absolute atomic E-state index is 0.556. The van der Waals surface area contributed by atoms with Gasteiger partial charge in [0, 0.05) is 38.4 Å². The Labute approximate surface area is 358 Å². The average Bonchev–Trinajstić information content (AvgIpc) is 3.88. The summed E-state index contributed by atoms with van der Waals surface area (Å²) in [6, 6.07) is 79.2. The molecule has 0 unspecified atom stereocenters. The van der Waals surface area contributed by atoms with Gasteiger partial charge in [0.05, 0.1) is 22.1 Å². The molecule has 0 saturated carbocycles. The van der Waals surface area contributed by atoms with E-state index in [1.54, 1.807) is 0 Å². The molecule has 0 saturated heterocycles. The van der Waals surface area contributed by atoms with Crippen molar-refractivity contribution >= 4 is 43.6 Å². The fraction of sp³-hybridized carbons (Fsp3) is 0. The molecule has 12 aromatic rings. The van der Waals surface area contributed by atoms with Crippen LogP contribution in [0.25, 0.3) is 111 Å². The summed E-state index contributed by atoms with van der Waals surface area (Å²) in [5.41, 5.74) is 14.1. The molecule has 12 rings (SSSR count). The van der Waals surface area contributed by atoms with Gasteiger partial charge in [0.1, 0.15) is 0 Å². The highest BCUT2D eigenvalue weighted by Gasteiger charge is 2.26. The van der Waals surface area contributed by atoms with Crippen LogP contribution in [0.3, 0.4) is 0 Å². The van der Waals surface area contributed by atoms with Crippen molar-refractivity contribution in [1.82, 2.24) is 24.1 Å². The molecular weight excluding hydrogens is 755 g/mol. The Kier molecular flexibility index (Phi) is 8.42. The number of benzene rings is 9. The van der Waals surface area contributed by atoms with Gasteiger partial charge in [-0.2, -0.15) is 9.97 Å². The number of fused-ring (bicyclic) bond motifs is 7. The second kappa shape index (κ2) is 14.7. The molecule has 9 aromatic carbocycles. The van der Waals surface area contributed by atoms with Gasteiger partial charge < -0.3 is 4.57 Å². The standard InChI is InChI=1S/C57H37N5/c1-5-18-38(19-6-1)40-32-34-45(35-33-40)61-49-30-15-14-29-47(49)53-51(61)37-48(41-22-9-3-10-23-41)52-46-28-13-16-31-50(46)62(54(52)53)57-59-55(42-24-11-4-12-25-42)58-56(60-57)44-27-17-26-43(36-44)39-20-7-2-8-21-39/h1-37H. The molecule has 0 aliphatic heterocycles. The molecule has 0 N–H and O–H groups in total. The molecule has 0 spiro atoms. The zero-order valence-corrected chi connectivity index (χ0v) is 33.6. The first-order valence-electron chi connectivity index (χ1n) is 21.0. The number of hydrogen-bond donors (Lipinski definition) is 0. The fourth-order valence-corrected chi connectivity index (χ4v) is 9.15. The Balaban J connectivity index is 1.20. The van der Waals surface area contributed by atoms with Gasteiger partial charge in [0.15, 0.2) is 11.6 Å². The number of hydrogen-bond acceptors (Lipinski definition) is 3. The quantitative estimate of drug-likeness (QED) is 0.162. The minimum Gasteiger partial charge on any atom is -0.309 e. The predicted octanol–water partition coefficient (Wildman–Crippen LogP) is 14.4. The Morgan fingerprint density at radius 2 is 0.758 bits per heavy atom. The molecular formula is C57H37N5. The maximum atomic E-state index is 5.43. The zero-order valence-electron chi connectivity index (χ0n) is 33.6. The molecule has 0 radical (unpaired) electrons. The Morgan fingerprint density at radius 1 is 0.290 bits per heavy atom. The van der Waals surface area contributed by atoms with E-state index >= 15 is 0 Å². The van der Waals surface area contributed by atoms with Crippen molar-refractivity contribution in [2.75, 3.05) is 0 Å². The molecule has 3 aromatic heterocycles. The monoisotopic (exact) mass is 791 g/mol. The van der Waals surface area contributed by atoms with Crippen LogP contribution in [0.5, 0.6) is 0 Å². The van der Waals surface area contributed by atoms with Gasteiger partial charge in [-0.3, -0.25) is 4.57 Å². The molecule has 0 aliphatic rings. The molecule has 0 amide bonds. The van der Waals surface area contributed by atoms with Crippen molar-refractivity contribution in [2.45, 2.75) is 0 Å². The molecule has 5 heteroatoms. The molecule has 62 heavy (non-hydrogen) atoms. The van der Waals surface area contributed by atoms with Crippen LogP contribution in [0.15, 0.2) is 224 Å². The van der Waals surface area contributed by atoms with E-state index in [0.717, 1.165) is 82.7 Å². The summed E-state index contributed by atoms with van der Waals surface area (Å²) < 4.78 is 4.70. The van der Waals surface area contributed by atoms with Crippen molar-refractivity contribution in [3.63, 3.8) is 0 Å². The van der Waals surface area contributed by atoms with Gasteiger partial charge in [0.2, 0.25) is 5.95 Å². The van der Waals surface area contributed by atoms with Crippen LogP contribution >= 0.6 is 0 Å². The second-order valence-corrected chi connectivity index (χ2v) is 15.6. The lowest BCUT2D eigenvalue weighted by Gasteiger charge is -2.14. The molecule has 0 bridgehead atoms.